The lowest BCUT2D eigenvalue weighted by molar-refractivity contribution is 0.0971. The minimum absolute atomic E-state index is 0. The van der Waals surface area contributed by atoms with Gasteiger partial charge in [-0.05, 0) is 162 Å². The van der Waals surface area contributed by atoms with Crippen molar-refractivity contribution < 1.29 is 24.0 Å². The fraction of sp³-hybridized carbons (Fsp3) is 0.250. The van der Waals surface area contributed by atoms with Crippen molar-refractivity contribution >= 4 is 90.6 Å². The molecule has 2 saturated carbocycles. The van der Waals surface area contributed by atoms with Gasteiger partial charge in [-0.2, -0.15) is 0 Å². The number of anilines is 4. The van der Waals surface area contributed by atoms with E-state index in [2.05, 4.69) is 32.3 Å². The number of benzene rings is 4. The summed E-state index contributed by atoms with van der Waals surface area (Å²) in [5, 5.41) is 2.85. The van der Waals surface area contributed by atoms with Gasteiger partial charge in [0.2, 0.25) is 0 Å². The number of hydrogen-bond acceptors (Lipinski definition) is 9. The summed E-state index contributed by atoms with van der Waals surface area (Å²) in [7, 11) is 0. The maximum absolute atomic E-state index is 13.7. The van der Waals surface area contributed by atoms with Gasteiger partial charge in [-0.25, -0.2) is 4.98 Å². The van der Waals surface area contributed by atoms with E-state index in [0.29, 0.717) is 76.9 Å². The summed E-state index contributed by atoms with van der Waals surface area (Å²) in [5.74, 6) is 1.22. The Hall–Kier alpha value is -6.54. The number of rotatable bonds is 10. The predicted molar refractivity (Wildman–Crippen MR) is 284 cm³/mol. The van der Waals surface area contributed by atoms with E-state index in [0.717, 1.165) is 72.4 Å². The number of ketones is 2. The summed E-state index contributed by atoms with van der Waals surface area (Å²) >= 11 is 6.42. The standard InChI is InChI=1S/C30H24BrN3O3S.C24H22N2O2S.2CH4/c31-28-23(5-3-14-32-28)29(36)33-21-11-9-19(10-12-21)30(37)34-15-13-20-17-26(25(35)16-18-7-8-18)38-27(20)22-4-1-2-6-24(22)34;25-18-9-7-16(8-10-18)24(28)26-12-11-17-14-22(21(27)13-15-5-6-15)29-23(17)19-3-1-2-4-20(19)26;;/h1-6,9-12,14,17-18H,7-8,13,15-16H2,(H,33,36);1-4,7-10,14-15H,5-6,11-13,25H2;2*1H4. The maximum Gasteiger partial charge on any atom is 0.258 e. The summed E-state index contributed by atoms with van der Waals surface area (Å²) < 4.78 is 0.469. The van der Waals surface area contributed by atoms with Gasteiger partial charge < -0.3 is 20.9 Å². The second kappa shape index (κ2) is 21.0. The first kappa shape index (κ1) is 48.9. The second-order valence-corrected chi connectivity index (χ2v) is 20.4. The fourth-order valence-electron chi connectivity index (χ4n) is 8.65. The Morgan fingerprint density at radius 3 is 1.55 bits per heavy atom. The summed E-state index contributed by atoms with van der Waals surface area (Å²) in [6.07, 6.45) is 9.01. The van der Waals surface area contributed by atoms with E-state index >= 15 is 0 Å². The van der Waals surface area contributed by atoms with Crippen LogP contribution >= 0.6 is 38.6 Å². The van der Waals surface area contributed by atoms with Crippen molar-refractivity contribution in [2.75, 3.05) is 33.9 Å². The lowest BCUT2D eigenvalue weighted by atomic mass is 10.1. The molecule has 2 aliphatic heterocycles. The van der Waals surface area contributed by atoms with Crippen LogP contribution in [-0.4, -0.2) is 47.4 Å². The van der Waals surface area contributed by atoms with Crippen molar-refractivity contribution in [3.8, 4) is 20.9 Å². The number of pyridine rings is 1. The molecule has 352 valence electrons. The molecule has 2 fully saturated rings. The molecule has 0 bridgehead atoms. The van der Waals surface area contributed by atoms with Gasteiger partial charge in [0.05, 0.1) is 26.7 Å². The summed E-state index contributed by atoms with van der Waals surface area (Å²) in [6, 6.07) is 37.3. The second-order valence-electron chi connectivity index (χ2n) is 17.5. The van der Waals surface area contributed by atoms with Crippen molar-refractivity contribution in [2.24, 2.45) is 11.8 Å². The first-order valence-corrected chi connectivity index (χ1v) is 25.0. The number of nitrogens with zero attached hydrogens (tertiary/aromatic N) is 3. The minimum Gasteiger partial charge on any atom is -0.399 e. The third-order valence-electron chi connectivity index (χ3n) is 12.6. The van der Waals surface area contributed by atoms with E-state index < -0.39 is 0 Å². The molecule has 0 radical (unpaired) electrons. The predicted octanol–water partition coefficient (Wildman–Crippen LogP) is 13.5. The van der Waals surface area contributed by atoms with Crippen LogP contribution in [0.15, 0.2) is 132 Å². The molecule has 2 aliphatic carbocycles. The molecule has 4 aromatic carbocycles. The van der Waals surface area contributed by atoms with Crippen LogP contribution < -0.4 is 20.9 Å². The Kier molecular flexibility index (Phi) is 14.9. The third kappa shape index (κ3) is 10.7. The largest absolute Gasteiger partial charge is 0.399 e. The van der Waals surface area contributed by atoms with Crippen LogP contribution in [0.5, 0.6) is 0 Å². The number of halogens is 1. The first-order valence-electron chi connectivity index (χ1n) is 22.6. The highest BCUT2D eigenvalue weighted by atomic mass is 79.9. The third-order valence-corrected chi connectivity index (χ3v) is 15.8. The Balaban J connectivity index is 0.000000187. The number of carbonyl (C=O) groups is 5. The van der Waals surface area contributed by atoms with Crippen LogP contribution in [0.3, 0.4) is 0 Å². The minimum atomic E-state index is -0.286. The number of nitrogen functional groups attached to an aromatic ring is 1. The zero-order valence-electron chi connectivity index (χ0n) is 36.5. The summed E-state index contributed by atoms with van der Waals surface area (Å²) in [6.45, 7) is 1.10. The number of fused-ring (bicyclic) bond motifs is 6. The fourth-order valence-corrected chi connectivity index (χ4v) is 11.5. The van der Waals surface area contributed by atoms with E-state index in [1.54, 1.807) is 89.5 Å². The zero-order valence-corrected chi connectivity index (χ0v) is 39.7. The van der Waals surface area contributed by atoms with Crippen LogP contribution in [-0.2, 0) is 12.8 Å². The SMILES string of the molecule is C.C.Nc1ccc(C(=O)N2CCc3cc(C(=O)CC4CC4)sc3-c3ccccc32)cc1.O=C(CC1CC1)c1cc2c(s1)-c1ccccc1N(C(=O)c1ccc(NC(=O)c3cccnc3Br)cc1)CC2. The van der Waals surface area contributed by atoms with E-state index in [9.17, 15) is 24.0 Å². The van der Waals surface area contributed by atoms with E-state index in [-0.39, 0.29) is 44.1 Å². The molecule has 10 nitrogen and oxygen atoms in total. The topological polar surface area (TPSA) is 143 Å². The molecule has 0 unspecified atom stereocenters. The molecular formula is C56H54BrN5O5S2. The molecule has 4 aliphatic rings. The van der Waals surface area contributed by atoms with Crippen molar-refractivity contribution in [1.29, 1.82) is 0 Å². The summed E-state index contributed by atoms with van der Waals surface area (Å²) in [5.41, 5.74) is 14.6. The lowest BCUT2D eigenvalue weighted by Gasteiger charge is -2.23. The number of nitrogens with two attached hydrogens (primary N) is 1. The van der Waals surface area contributed by atoms with E-state index in [1.807, 2.05) is 64.4 Å². The molecule has 7 aromatic rings. The van der Waals surface area contributed by atoms with Crippen molar-refractivity contribution in [3.05, 3.63) is 170 Å². The summed E-state index contributed by atoms with van der Waals surface area (Å²) in [4.78, 5) is 76.5. The molecule has 3 amide bonds. The lowest BCUT2D eigenvalue weighted by Crippen LogP contribution is -2.32. The number of thiophene rings is 2. The number of Topliss-reactive ketones (excluding diaryl/α,β-unsaturated/α-hetero) is 2. The average molecular weight is 1020 g/mol. The number of amides is 3. The van der Waals surface area contributed by atoms with Gasteiger partial charge >= 0.3 is 0 Å². The number of carbonyl (C=O) groups excluding carboxylic acids is 5. The van der Waals surface area contributed by atoms with Crippen LogP contribution in [0.25, 0.3) is 20.9 Å². The highest BCUT2D eigenvalue weighted by molar-refractivity contribution is 9.10. The average Bonchev–Trinajstić information content (AvgIpc) is 4.28. The van der Waals surface area contributed by atoms with Gasteiger partial charge in [-0.15, -0.1) is 22.7 Å². The molecule has 3 N–H and O–H groups in total. The monoisotopic (exact) mass is 1020 g/mol. The Morgan fingerprint density at radius 1 is 0.623 bits per heavy atom. The first-order chi connectivity index (χ1) is 32.6. The van der Waals surface area contributed by atoms with Gasteiger partial charge in [0.15, 0.2) is 11.6 Å². The number of hydrogen-bond donors (Lipinski definition) is 2. The smallest absolute Gasteiger partial charge is 0.258 e. The maximum atomic E-state index is 13.7. The zero-order chi connectivity index (χ0) is 46.2. The molecule has 0 atom stereocenters. The molecular weight excluding hydrogens is 967 g/mol. The molecule has 0 spiro atoms. The van der Waals surface area contributed by atoms with E-state index in [1.165, 1.54) is 12.8 Å². The number of para-hydroxylation sites is 2. The molecule has 5 heterocycles. The number of nitrogens with one attached hydrogen (secondary N) is 1. The van der Waals surface area contributed by atoms with Crippen molar-refractivity contribution in [3.63, 3.8) is 0 Å². The molecule has 0 saturated heterocycles. The normalized spacial score (nSPS) is 14.3. The molecule has 11 rings (SSSR count). The molecule has 3 aromatic heterocycles. The Morgan fingerprint density at radius 2 is 1.09 bits per heavy atom. The van der Waals surface area contributed by atoms with Crippen LogP contribution in [0.4, 0.5) is 22.7 Å². The van der Waals surface area contributed by atoms with Crippen molar-refractivity contribution in [1.82, 2.24) is 4.98 Å². The van der Waals surface area contributed by atoms with Gasteiger partial charge in [0.25, 0.3) is 17.7 Å². The van der Waals surface area contributed by atoms with Crippen LogP contribution in [0.1, 0.15) is 115 Å². The highest BCUT2D eigenvalue weighted by Gasteiger charge is 2.32. The van der Waals surface area contributed by atoms with Gasteiger partial charge in [0.1, 0.15) is 4.60 Å². The Labute approximate surface area is 419 Å². The van der Waals surface area contributed by atoms with Gasteiger partial charge in [-0.1, -0.05) is 51.3 Å². The van der Waals surface area contributed by atoms with E-state index in [4.69, 9.17) is 5.73 Å². The molecule has 69 heavy (non-hydrogen) atoms. The van der Waals surface area contributed by atoms with Crippen molar-refractivity contribution in [2.45, 2.75) is 66.2 Å². The quantitative estimate of drug-likeness (QED) is 0.0789. The van der Waals surface area contributed by atoms with Crippen LogP contribution in [0, 0.1) is 11.8 Å². The number of aromatic nitrogens is 1. The van der Waals surface area contributed by atoms with Gasteiger partial charge in [0, 0.05) is 75.5 Å². The van der Waals surface area contributed by atoms with Crippen LogP contribution in [0.2, 0.25) is 0 Å². The molecule has 13 heteroatoms. The van der Waals surface area contributed by atoms with Gasteiger partial charge in [-0.3, -0.25) is 24.0 Å². The Bertz CT molecular complexity index is 3060. The highest BCUT2D eigenvalue weighted by Crippen LogP contribution is 2.45.